The van der Waals surface area contributed by atoms with Gasteiger partial charge in [-0.25, -0.2) is 4.79 Å². The van der Waals surface area contributed by atoms with Crippen LogP contribution in [0, 0.1) is 0 Å². The largest absolute Gasteiger partial charge is 0.456 e. The Labute approximate surface area is 159 Å². The number of carbonyl (C=O) groups excluding carboxylic acids is 1. The van der Waals surface area contributed by atoms with Crippen LogP contribution in [0.25, 0.3) is 22.0 Å². The highest BCUT2D eigenvalue weighted by Crippen LogP contribution is 2.35. The van der Waals surface area contributed by atoms with Gasteiger partial charge in [-0.2, -0.15) is 0 Å². The summed E-state index contributed by atoms with van der Waals surface area (Å²) >= 11 is 0. The minimum atomic E-state index is -0.501. The summed E-state index contributed by atoms with van der Waals surface area (Å²) in [7, 11) is 0. The van der Waals surface area contributed by atoms with E-state index in [0.29, 0.717) is 5.56 Å². The Kier molecular flexibility index (Phi) is 4.23. The summed E-state index contributed by atoms with van der Waals surface area (Å²) in [6, 6.07) is 22.6. The summed E-state index contributed by atoms with van der Waals surface area (Å²) in [6.45, 7) is 6.46. The molecule has 2 aromatic carbocycles. The lowest BCUT2D eigenvalue weighted by molar-refractivity contribution is 0.00697. The molecule has 27 heavy (non-hydrogen) atoms. The molecule has 0 saturated heterocycles. The average molecular weight is 357 g/mol. The highest BCUT2D eigenvalue weighted by atomic mass is 16.6. The van der Waals surface area contributed by atoms with Crippen LogP contribution < -0.4 is 0 Å². The van der Waals surface area contributed by atoms with E-state index in [1.54, 1.807) is 0 Å². The van der Waals surface area contributed by atoms with Crippen LogP contribution in [0.3, 0.4) is 0 Å². The number of nitrogens with zero attached hydrogens (tertiary/aromatic N) is 1. The standard InChI is InChI=1S/C24H23NO2/c1-24(2,3)27-23(26)19-12-11-18-15-22-20(21(18)14-19)10-7-13-25(22)16-17-8-5-4-6-9-17/h4-15H,16H2,1-3H3. The van der Waals surface area contributed by atoms with Gasteiger partial charge in [0.25, 0.3) is 0 Å². The molecule has 2 aromatic rings. The minimum absolute atomic E-state index is 0.285. The van der Waals surface area contributed by atoms with Crippen molar-refractivity contribution in [3.05, 3.63) is 84.1 Å². The molecule has 1 aliphatic heterocycles. The zero-order valence-corrected chi connectivity index (χ0v) is 15.9. The van der Waals surface area contributed by atoms with Gasteiger partial charge in [-0.05, 0) is 61.4 Å². The number of hydrogen-bond donors (Lipinski definition) is 0. The van der Waals surface area contributed by atoms with Crippen molar-refractivity contribution in [1.82, 2.24) is 4.57 Å². The van der Waals surface area contributed by atoms with Crippen LogP contribution in [0.5, 0.6) is 0 Å². The van der Waals surface area contributed by atoms with Crippen LogP contribution in [0.2, 0.25) is 0 Å². The van der Waals surface area contributed by atoms with E-state index < -0.39 is 5.60 Å². The summed E-state index contributed by atoms with van der Waals surface area (Å²) in [6.07, 6.45) is 2.10. The molecular formula is C24H23NO2. The van der Waals surface area contributed by atoms with Crippen LogP contribution in [0.1, 0.15) is 36.7 Å². The first-order chi connectivity index (χ1) is 12.9. The van der Waals surface area contributed by atoms with Gasteiger partial charge in [0, 0.05) is 24.0 Å². The van der Waals surface area contributed by atoms with Crippen molar-refractivity contribution in [1.29, 1.82) is 0 Å². The third kappa shape index (κ3) is 3.59. The monoisotopic (exact) mass is 357 g/mol. The Hall–Kier alpha value is -3.07. The van der Waals surface area contributed by atoms with Gasteiger partial charge in [-0.3, -0.25) is 0 Å². The third-order valence-electron chi connectivity index (χ3n) is 4.58. The van der Waals surface area contributed by atoms with Gasteiger partial charge >= 0.3 is 5.97 Å². The lowest BCUT2D eigenvalue weighted by atomic mass is 10.1. The molecule has 0 unspecified atom stereocenters. The van der Waals surface area contributed by atoms with Crippen LogP contribution in [0.15, 0.2) is 72.9 Å². The fraction of sp³-hybridized carbons (Fsp3) is 0.208. The van der Waals surface area contributed by atoms with E-state index >= 15 is 0 Å². The smallest absolute Gasteiger partial charge is 0.338 e. The molecule has 4 rings (SSSR count). The van der Waals surface area contributed by atoms with E-state index in [1.165, 1.54) is 5.56 Å². The maximum Gasteiger partial charge on any atom is 0.338 e. The van der Waals surface area contributed by atoms with E-state index in [0.717, 1.165) is 28.6 Å². The molecule has 0 saturated carbocycles. The number of aromatic nitrogens is 1. The fourth-order valence-electron chi connectivity index (χ4n) is 3.40. The van der Waals surface area contributed by atoms with Gasteiger partial charge in [-0.15, -0.1) is 0 Å². The molecule has 0 spiro atoms. The van der Waals surface area contributed by atoms with Crippen molar-refractivity contribution in [3.63, 3.8) is 0 Å². The van der Waals surface area contributed by atoms with Gasteiger partial charge in [0.15, 0.2) is 0 Å². The van der Waals surface area contributed by atoms with Crippen molar-refractivity contribution in [2.24, 2.45) is 0 Å². The molecule has 136 valence electrons. The van der Waals surface area contributed by atoms with Crippen molar-refractivity contribution in [3.8, 4) is 11.3 Å². The number of fused-ring (bicyclic) bond motifs is 3. The minimum Gasteiger partial charge on any atom is -0.456 e. The van der Waals surface area contributed by atoms with E-state index in [1.807, 2.05) is 45.0 Å². The normalized spacial score (nSPS) is 11.8. The first-order valence-electron chi connectivity index (χ1n) is 9.20. The Morgan fingerprint density at radius 2 is 1.74 bits per heavy atom. The van der Waals surface area contributed by atoms with E-state index in [9.17, 15) is 4.79 Å². The molecule has 1 heterocycles. The predicted molar refractivity (Wildman–Crippen MR) is 109 cm³/mol. The zero-order chi connectivity index (χ0) is 19.0. The SMILES string of the molecule is CC(C)(C)OC(=O)c1ccc2cc3n(Cc4ccccc4)cccc-3c2c1. The third-order valence-corrected chi connectivity index (χ3v) is 4.58. The van der Waals surface area contributed by atoms with E-state index in [-0.39, 0.29) is 5.97 Å². The molecule has 0 aromatic heterocycles. The van der Waals surface area contributed by atoms with Crippen LogP contribution in [-0.4, -0.2) is 16.1 Å². The number of rotatable bonds is 3. The lowest BCUT2D eigenvalue weighted by Gasteiger charge is -2.19. The molecule has 3 nitrogen and oxygen atoms in total. The summed E-state index contributed by atoms with van der Waals surface area (Å²) in [4.78, 5) is 12.4. The number of pyridine rings is 1. The highest BCUT2D eigenvalue weighted by Gasteiger charge is 2.20. The average Bonchev–Trinajstić information content (AvgIpc) is 3.00. The molecule has 0 radical (unpaired) electrons. The fourth-order valence-corrected chi connectivity index (χ4v) is 3.40. The molecule has 0 fully saturated rings. The number of ether oxygens (including phenoxy) is 1. The molecule has 0 atom stereocenters. The Bertz CT molecular complexity index is 1070. The van der Waals surface area contributed by atoms with Gasteiger partial charge in [0.05, 0.1) is 5.56 Å². The van der Waals surface area contributed by atoms with Crippen molar-refractivity contribution < 1.29 is 9.53 Å². The predicted octanol–water partition coefficient (Wildman–Crippen LogP) is 5.75. The molecule has 0 N–H and O–H groups in total. The molecule has 2 aliphatic rings. The maximum absolute atomic E-state index is 12.4. The summed E-state index contributed by atoms with van der Waals surface area (Å²) in [5.74, 6) is -0.285. The number of esters is 1. The van der Waals surface area contributed by atoms with Crippen LogP contribution >= 0.6 is 0 Å². The molecule has 0 amide bonds. The molecule has 3 heteroatoms. The lowest BCUT2D eigenvalue weighted by Crippen LogP contribution is -2.23. The van der Waals surface area contributed by atoms with Gasteiger partial charge in [-0.1, -0.05) is 42.5 Å². The molecular weight excluding hydrogens is 334 g/mol. The van der Waals surface area contributed by atoms with E-state index in [2.05, 4.69) is 53.2 Å². The van der Waals surface area contributed by atoms with Crippen molar-refractivity contribution in [2.75, 3.05) is 0 Å². The van der Waals surface area contributed by atoms with Gasteiger partial charge in [0.1, 0.15) is 5.60 Å². The molecule has 1 aliphatic carbocycles. The Balaban J connectivity index is 1.73. The van der Waals surface area contributed by atoms with Crippen molar-refractivity contribution >= 4 is 16.7 Å². The Morgan fingerprint density at radius 3 is 2.48 bits per heavy atom. The quantitative estimate of drug-likeness (QED) is 0.437. The second kappa shape index (κ2) is 6.58. The summed E-state index contributed by atoms with van der Waals surface area (Å²) < 4.78 is 7.77. The van der Waals surface area contributed by atoms with Gasteiger partial charge in [0.2, 0.25) is 0 Å². The second-order valence-electron chi connectivity index (χ2n) is 7.87. The molecule has 0 bridgehead atoms. The summed E-state index contributed by atoms with van der Waals surface area (Å²) in [5, 5.41) is 2.21. The van der Waals surface area contributed by atoms with E-state index in [4.69, 9.17) is 4.74 Å². The van der Waals surface area contributed by atoms with Gasteiger partial charge < -0.3 is 9.30 Å². The second-order valence-corrected chi connectivity index (χ2v) is 7.87. The maximum atomic E-state index is 12.4. The van der Waals surface area contributed by atoms with Crippen LogP contribution in [-0.2, 0) is 11.3 Å². The highest BCUT2D eigenvalue weighted by molar-refractivity contribution is 6.05. The number of benzene rings is 2. The Morgan fingerprint density at radius 1 is 0.963 bits per heavy atom. The summed E-state index contributed by atoms with van der Waals surface area (Å²) in [5.41, 5.74) is 3.66. The topological polar surface area (TPSA) is 31.2 Å². The van der Waals surface area contributed by atoms with Crippen LogP contribution in [0.4, 0.5) is 0 Å². The number of carbonyl (C=O) groups is 1. The number of hydrogen-bond acceptors (Lipinski definition) is 2. The zero-order valence-electron chi connectivity index (χ0n) is 15.9. The first-order valence-corrected chi connectivity index (χ1v) is 9.20. The first kappa shape index (κ1) is 17.3. The van der Waals surface area contributed by atoms with Crippen molar-refractivity contribution in [2.45, 2.75) is 32.9 Å².